The molecule has 0 aliphatic carbocycles. The largest absolute Gasteiger partial charge is 0.483 e. The third-order valence-corrected chi connectivity index (χ3v) is 5.04. The molecule has 0 spiro atoms. The van der Waals surface area contributed by atoms with Gasteiger partial charge in [-0.3, -0.25) is 10.3 Å². The van der Waals surface area contributed by atoms with Crippen LogP contribution in [0.4, 0.5) is 11.5 Å². The maximum Gasteiger partial charge on any atom is 0.148 e. The van der Waals surface area contributed by atoms with Crippen molar-refractivity contribution in [2.24, 2.45) is 0 Å². The standard InChI is InChI=1S/C18H22BrClN4O3/c1-11-8-13(19)9-14(23-25-3)16(11)27-12(2)15-17(20)21-10-22-18(15)24-4-6-26-7-5-24/h8-10,12,23H,4-7H2,1-3H3/t12-/m0/s1. The smallest absolute Gasteiger partial charge is 0.148 e. The zero-order chi connectivity index (χ0) is 19.4. The molecule has 1 saturated heterocycles. The number of aryl methyl sites for hydroxylation is 1. The van der Waals surface area contributed by atoms with Crippen LogP contribution in [0.5, 0.6) is 5.75 Å². The number of aromatic nitrogens is 2. The molecule has 0 unspecified atom stereocenters. The normalized spacial score (nSPS) is 15.5. The summed E-state index contributed by atoms with van der Waals surface area (Å²) < 4.78 is 12.7. The lowest BCUT2D eigenvalue weighted by molar-refractivity contribution is 0.122. The number of morpholine rings is 1. The third kappa shape index (κ3) is 4.63. The van der Waals surface area contributed by atoms with Crippen LogP contribution in [0.2, 0.25) is 5.15 Å². The molecule has 7 nitrogen and oxygen atoms in total. The summed E-state index contributed by atoms with van der Waals surface area (Å²) in [6.45, 7) is 6.72. The number of halogens is 2. The van der Waals surface area contributed by atoms with E-state index in [1.165, 1.54) is 6.33 Å². The van der Waals surface area contributed by atoms with E-state index in [0.717, 1.165) is 40.2 Å². The molecule has 1 fully saturated rings. The fourth-order valence-electron chi connectivity index (χ4n) is 3.05. The minimum atomic E-state index is -0.367. The van der Waals surface area contributed by atoms with Gasteiger partial charge in [-0.25, -0.2) is 9.97 Å². The van der Waals surface area contributed by atoms with Crippen LogP contribution < -0.4 is 15.1 Å². The van der Waals surface area contributed by atoms with E-state index in [1.807, 2.05) is 26.0 Å². The molecule has 0 saturated carbocycles. The van der Waals surface area contributed by atoms with Crippen molar-refractivity contribution in [1.82, 2.24) is 9.97 Å². The van der Waals surface area contributed by atoms with E-state index in [-0.39, 0.29) is 6.10 Å². The summed E-state index contributed by atoms with van der Waals surface area (Å²) in [5.41, 5.74) is 5.29. The number of rotatable bonds is 6. The van der Waals surface area contributed by atoms with Gasteiger partial charge in [0.25, 0.3) is 0 Å². The van der Waals surface area contributed by atoms with Crippen molar-refractivity contribution in [3.63, 3.8) is 0 Å². The third-order valence-electron chi connectivity index (χ3n) is 4.28. The van der Waals surface area contributed by atoms with Crippen LogP contribution in [0, 0.1) is 6.92 Å². The molecule has 0 bridgehead atoms. The molecular formula is C18H22BrClN4O3. The predicted molar refractivity (Wildman–Crippen MR) is 109 cm³/mol. The van der Waals surface area contributed by atoms with Gasteiger partial charge in [-0.15, -0.1) is 0 Å². The van der Waals surface area contributed by atoms with E-state index in [0.29, 0.717) is 24.1 Å². The van der Waals surface area contributed by atoms with Gasteiger partial charge in [-0.05, 0) is 31.5 Å². The zero-order valence-electron chi connectivity index (χ0n) is 15.5. The van der Waals surface area contributed by atoms with Gasteiger partial charge in [0.2, 0.25) is 0 Å². The number of anilines is 2. The van der Waals surface area contributed by atoms with E-state index in [1.54, 1.807) is 7.11 Å². The summed E-state index contributed by atoms with van der Waals surface area (Å²) in [4.78, 5) is 15.9. The summed E-state index contributed by atoms with van der Waals surface area (Å²) in [7, 11) is 1.56. The molecule has 1 aromatic heterocycles. The van der Waals surface area contributed by atoms with Crippen LogP contribution in [0.15, 0.2) is 22.9 Å². The van der Waals surface area contributed by atoms with Crippen molar-refractivity contribution in [2.45, 2.75) is 20.0 Å². The molecule has 0 amide bonds. The quantitative estimate of drug-likeness (QED) is 0.516. The van der Waals surface area contributed by atoms with Crippen LogP contribution in [0.25, 0.3) is 0 Å². The Kier molecular flexibility index (Phi) is 6.75. The molecule has 27 heavy (non-hydrogen) atoms. The van der Waals surface area contributed by atoms with E-state index in [9.17, 15) is 0 Å². The second kappa shape index (κ2) is 9.05. The molecule has 146 valence electrons. The van der Waals surface area contributed by atoms with Gasteiger partial charge >= 0.3 is 0 Å². The van der Waals surface area contributed by atoms with Crippen LogP contribution >= 0.6 is 27.5 Å². The van der Waals surface area contributed by atoms with E-state index in [4.69, 9.17) is 25.9 Å². The molecule has 1 aliphatic heterocycles. The Bertz CT molecular complexity index is 802. The van der Waals surface area contributed by atoms with E-state index < -0.39 is 0 Å². The number of hydrogen-bond donors (Lipinski definition) is 1. The molecule has 0 radical (unpaired) electrons. The summed E-state index contributed by atoms with van der Waals surface area (Å²) in [6.07, 6.45) is 1.11. The van der Waals surface area contributed by atoms with Crippen molar-refractivity contribution < 1.29 is 14.3 Å². The monoisotopic (exact) mass is 456 g/mol. The van der Waals surface area contributed by atoms with Gasteiger partial charge in [-0.1, -0.05) is 27.5 Å². The number of nitrogens with zero attached hydrogens (tertiary/aromatic N) is 3. The summed E-state index contributed by atoms with van der Waals surface area (Å²) >= 11 is 9.93. The van der Waals surface area contributed by atoms with Gasteiger partial charge in [0, 0.05) is 17.6 Å². The first kappa shape index (κ1) is 20.1. The maximum absolute atomic E-state index is 6.44. The van der Waals surface area contributed by atoms with Crippen LogP contribution in [-0.4, -0.2) is 43.4 Å². The number of nitrogens with one attached hydrogen (secondary N) is 1. The van der Waals surface area contributed by atoms with Crippen LogP contribution in [-0.2, 0) is 9.57 Å². The molecule has 1 aromatic carbocycles. The number of hydrogen-bond acceptors (Lipinski definition) is 7. The summed E-state index contributed by atoms with van der Waals surface area (Å²) in [5.74, 6) is 1.46. The Labute approximate surface area is 172 Å². The highest BCUT2D eigenvalue weighted by Crippen LogP contribution is 2.38. The van der Waals surface area contributed by atoms with Gasteiger partial charge in [0.15, 0.2) is 0 Å². The van der Waals surface area contributed by atoms with Crippen LogP contribution in [0.3, 0.4) is 0 Å². The van der Waals surface area contributed by atoms with E-state index >= 15 is 0 Å². The second-order valence-electron chi connectivity index (χ2n) is 6.17. The molecule has 2 heterocycles. The maximum atomic E-state index is 6.44. The topological polar surface area (TPSA) is 68.7 Å². The van der Waals surface area contributed by atoms with Crippen molar-refractivity contribution >= 4 is 39.0 Å². The minimum absolute atomic E-state index is 0.367. The van der Waals surface area contributed by atoms with Crippen LogP contribution in [0.1, 0.15) is 24.2 Å². The lowest BCUT2D eigenvalue weighted by atomic mass is 10.1. The fourth-order valence-corrected chi connectivity index (χ4v) is 3.90. The van der Waals surface area contributed by atoms with E-state index in [2.05, 4.69) is 36.3 Å². The lowest BCUT2D eigenvalue weighted by Crippen LogP contribution is -2.37. The van der Waals surface area contributed by atoms with Crippen molar-refractivity contribution in [1.29, 1.82) is 0 Å². The first-order valence-electron chi connectivity index (χ1n) is 8.60. The Morgan fingerprint density at radius 2 is 2.04 bits per heavy atom. The Balaban J connectivity index is 1.94. The first-order valence-corrected chi connectivity index (χ1v) is 9.77. The fraction of sp³-hybridized carbons (Fsp3) is 0.444. The SMILES string of the molecule is CONc1cc(Br)cc(C)c1O[C@@H](C)c1c(Cl)ncnc1N1CCOCC1. The molecule has 1 aliphatic rings. The highest BCUT2D eigenvalue weighted by molar-refractivity contribution is 9.10. The van der Waals surface area contributed by atoms with Gasteiger partial charge in [-0.2, -0.15) is 0 Å². The highest BCUT2D eigenvalue weighted by Gasteiger charge is 2.25. The van der Waals surface area contributed by atoms with Crippen molar-refractivity contribution in [3.8, 4) is 5.75 Å². The second-order valence-corrected chi connectivity index (χ2v) is 7.44. The van der Waals surface area contributed by atoms with Crippen molar-refractivity contribution in [2.75, 3.05) is 43.8 Å². The molecule has 1 atom stereocenters. The van der Waals surface area contributed by atoms with Crippen molar-refractivity contribution in [3.05, 3.63) is 39.2 Å². The Morgan fingerprint density at radius 3 is 2.74 bits per heavy atom. The average Bonchev–Trinajstić information content (AvgIpc) is 2.65. The van der Waals surface area contributed by atoms with Gasteiger partial charge in [0.1, 0.15) is 34.8 Å². The molecule has 9 heteroatoms. The first-order chi connectivity index (χ1) is 13.0. The summed E-state index contributed by atoms with van der Waals surface area (Å²) in [6, 6.07) is 3.87. The lowest BCUT2D eigenvalue weighted by Gasteiger charge is -2.31. The number of ether oxygens (including phenoxy) is 2. The molecule has 3 rings (SSSR count). The predicted octanol–water partition coefficient (Wildman–Crippen LogP) is 4.15. The molecule has 1 N–H and O–H groups in total. The average molecular weight is 458 g/mol. The highest BCUT2D eigenvalue weighted by atomic mass is 79.9. The van der Waals surface area contributed by atoms with Gasteiger partial charge < -0.3 is 14.4 Å². The summed E-state index contributed by atoms with van der Waals surface area (Å²) in [5, 5.41) is 0.384. The van der Waals surface area contributed by atoms with Gasteiger partial charge in [0.05, 0.1) is 25.9 Å². The Morgan fingerprint density at radius 1 is 1.30 bits per heavy atom. The number of benzene rings is 1. The minimum Gasteiger partial charge on any atom is -0.483 e. The molecule has 2 aromatic rings. The zero-order valence-corrected chi connectivity index (χ0v) is 17.8. The Hall–Kier alpha value is -1.61. The molecular weight excluding hydrogens is 436 g/mol.